The fourth-order valence-electron chi connectivity index (χ4n) is 2.97. The summed E-state index contributed by atoms with van der Waals surface area (Å²) in [6.07, 6.45) is 6.74. The zero-order valence-electron chi connectivity index (χ0n) is 12.4. The van der Waals surface area contributed by atoms with Crippen molar-refractivity contribution in [3.05, 3.63) is 12.2 Å². The molecule has 1 aliphatic heterocycles. The Labute approximate surface area is 120 Å². The van der Waals surface area contributed by atoms with Gasteiger partial charge in [0, 0.05) is 17.8 Å². The minimum Gasteiger partial charge on any atom is -0.462 e. The van der Waals surface area contributed by atoms with Crippen molar-refractivity contribution in [2.75, 3.05) is 0 Å². The molecule has 2 aliphatic rings. The highest BCUT2D eigenvalue weighted by Gasteiger charge is 2.43. The predicted molar refractivity (Wildman–Crippen MR) is 76.7 cm³/mol. The predicted octanol–water partition coefficient (Wildman–Crippen LogP) is 2.89. The summed E-state index contributed by atoms with van der Waals surface area (Å²) >= 11 is 0. The molecule has 2 fully saturated rings. The van der Waals surface area contributed by atoms with Gasteiger partial charge < -0.3 is 4.74 Å². The highest BCUT2D eigenvalue weighted by Crippen LogP contribution is 2.41. The van der Waals surface area contributed by atoms with Crippen LogP contribution in [-0.4, -0.2) is 17.9 Å². The van der Waals surface area contributed by atoms with Gasteiger partial charge in [-0.25, -0.2) is 0 Å². The average Bonchev–Trinajstić information content (AvgIpc) is 2.93. The van der Waals surface area contributed by atoms with Crippen LogP contribution in [0, 0.1) is 29.1 Å². The van der Waals surface area contributed by atoms with Crippen molar-refractivity contribution in [1.82, 2.24) is 0 Å². The molecular formula is C17H22O3. The first-order valence-electron chi connectivity index (χ1n) is 7.26. The Kier molecular flexibility index (Phi) is 4.32. The maximum Gasteiger partial charge on any atom is 0.306 e. The summed E-state index contributed by atoms with van der Waals surface area (Å²) < 4.78 is 5.27. The lowest BCUT2D eigenvalue weighted by molar-refractivity contribution is -0.141. The molecule has 0 radical (unpaired) electrons. The fourth-order valence-corrected chi connectivity index (χ4v) is 2.97. The van der Waals surface area contributed by atoms with Crippen molar-refractivity contribution in [3.63, 3.8) is 0 Å². The van der Waals surface area contributed by atoms with Crippen LogP contribution < -0.4 is 0 Å². The van der Waals surface area contributed by atoms with Crippen molar-refractivity contribution in [1.29, 1.82) is 0 Å². The molecule has 20 heavy (non-hydrogen) atoms. The SMILES string of the molecule is CC#CCC(C)(C)C(=O)/C=C/[C@H]1CC[C@@H]2OC(=O)C[C@@H]21. The number of carbonyl (C=O) groups excluding carboxylic acids is 2. The van der Waals surface area contributed by atoms with Crippen LogP contribution in [0.4, 0.5) is 0 Å². The van der Waals surface area contributed by atoms with Crippen LogP contribution in [-0.2, 0) is 14.3 Å². The van der Waals surface area contributed by atoms with E-state index in [1.165, 1.54) is 0 Å². The zero-order valence-corrected chi connectivity index (χ0v) is 12.4. The van der Waals surface area contributed by atoms with Gasteiger partial charge in [0.2, 0.25) is 0 Å². The third-order valence-electron chi connectivity index (χ3n) is 4.37. The number of rotatable bonds is 4. The van der Waals surface area contributed by atoms with Gasteiger partial charge in [0.05, 0.1) is 6.42 Å². The lowest BCUT2D eigenvalue weighted by Crippen LogP contribution is -2.22. The molecule has 0 amide bonds. The molecular weight excluding hydrogens is 252 g/mol. The molecule has 3 nitrogen and oxygen atoms in total. The number of hydrogen-bond acceptors (Lipinski definition) is 3. The van der Waals surface area contributed by atoms with Gasteiger partial charge in [-0.1, -0.05) is 19.9 Å². The Morgan fingerprint density at radius 3 is 2.90 bits per heavy atom. The molecule has 1 aliphatic carbocycles. The Bertz CT molecular complexity index is 490. The topological polar surface area (TPSA) is 43.4 Å². The number of esters is 1. The van der Waals surface area contributed by atoms with E-state index in [4.69, 9.17) is 4.74 Å². The molecule has 0 spiro atoms. The molecule has 1 heterocycles. The van der Waals surface area contributed by atoms with Crippen molar-refractivity contribution >= 4 is 11.8 Å². The van der Waals surface area contributed by atoms with Crippen molar-refractivity contribution in [2.45, 2.75) is 52.6 Å². The Balaban J connectivity index is 1.97. The van der Waals surface area contributed by atoms with E-state index in [0.717, 1.165) is 12.8 Å². The van der Waals surface area contributed by atoms with Gasteiger partial charge in [0.1, 0.15) is 6.10 Å². The van der Waals surface area contributed by atoms with Crippen LogP contribution in [0.25, 0.3) is 0 Å². The van der Waals surface area contributed by atoms with E-state index >= 15 is 0 Å². The summed E-state index contributed by atoms with van der Waals surface area (Å²) in [5.74, 6) is 6.38. The molecule has 108 valence electrons. The van der Waals surface area contributed by atoms with Crippen LogP contribution in [0.15, 0.2) is 12.2 Å². The first kappa shape index (κ1) is 14.8. The maximum atomic E-state index is 12.2. The van der Waals surface area contributed by atoms with E-state index in [1.54, 1.807) is 13.0 Å². The lowest BCUT2D eigenvalue weighted by Gasteiger charge is -2.18. The minimum absolute atomic E-state index is 0.0752. The second kappa shape index (κ2) is 5.83. The van der Waals surface area contributed by atoms with Crippen LogP contribution in [0.2, 0.25) is 0 Å². The number of hydrogen-bond donors (Lipinski definition) is 0. The third kappa shape index (κ3) is 3.12. The molecule has 3 atom stereocenters. The summed E-state index contributed by atoms with van der Waals surface area (Å²) in [6.45, 7) is 5.62. The number of carbonyl (C=O) groups is 2. The molecule has 1 saturated heterocycles. The molecule has 0 aromatic rings. The molecule has 3 heteroatoms. The minimum atomic E-state index is -0.445. The largest absolute Gasteiger partial charge is 0.462 e. The van der Waals surface area contributed by atoms with E-state index in [-0.39, 0.29) is 23.8 Å². The van der Waals surface area contributed by atoms with Gasteiger partial charge in [0.15, 0.2) is 5.78 Å². The quantitative estimate of drug-likeness (QED) is 0.450. The highest BCUT2D eigenvalue weighted by atomic mass is 16.5. The van der Waals surface area contributed by atoms with E-state index in [0.29, 0.717) is 18.8 Å². The van der Waals surface area contributed by atoms with Crippen LogP contribution >= 0.6 is 0 Å². The average molecular weight is 274 g/mol. The van der Waals surface area contributed by atoms with E-state index in [1.807, 2.05) is 19.9 Å². The third-order valence-corrected chi connectivity index (χ3v) is 4.37. The number of fused-ring (bicyclic) bond motifs is 1. The van der Waals surface area contributed by atoms with Gasteiger partial charge in [0.25, 0.3) is 0 Å². The highest BCUT2D eigenvalue weighted by molar-refractivity contribution is 5.94. The zero-order chi connectivity index (χ0) is 14.8. The van der Waals surface area contributed by atoms with Gasteiger partial charge in [-0.15, -0.1) is 11.8 Å². The standard InChI is InChI=1S/C17H22O3/c1-4-5-10-17(2,3)15(18)9-7-12-6-8-14-13(12)11-16(19)20-14/h7,9,12-14H,6,8,10-11H2,1-3H3/b9-7+/t12-,13-,14+/m1/s1. The monoisotopic (exact) mass is 274 g/mol. The summed E-state index contributed by atoms with van der Waals surface area (Å²) in [6, 6.07) is 0. The molecule has 0 aromatic heterocycles. The van der Waals surface area contributed by atoms with E-state index in [2.05, 4.69) is 11.8 Å². The Morgan fingerprint density at radius 1 is 1.45 bits per heavy atom. The summed E-state index contributed by atoms with van der Waals surface area (Å²) in [5.41, 5.74) is -0.445. The molecule has 0 N–H and O–H groups in total. The Morgan fingerprint density at radius 2 is 2.20 bits per heavy atom. The van der Waals surface area contributed by atoms with Crippen molar-refractivity contribution < 1.29 is 14.3 Å². The summed E-state index contributed by atoms with van der Waals surface area (Å²) in [5, 5.41) is 0. The van der Waals surface area contributed by atoms with Crippen molar-refractivity contribution in [2.24, 2.45) is 17.3 Å². The smallest absolute Gasteiger partial charge is 0.306 e. The molecule has 1 saturated carbocycles. The number of allylic oxidation sites excluding steroid dienone is 2. The molecule has 0 unspecified atom stereocenters. The summed E-state index contributed by atoms with van der Waals surface area (Å²) in [4.78, 5) is 23.5. The van der Waals surface area contributed by atoms with Gasteiger partial charge in [-0.05, 0) is 31.8 Å². The number of ether oxygens (including phenoxy) is 1. The fraction of sp³-hybridized carbons (Fsp3) is 0.647. The first-order chi connectivity index (χ1) is 9.44. The van der Waals surface area contributed by atoms with Gasteiger partial charge in [-0.3, -0.25) is 9.59 Å². The van der Waals surface area contributed by atoms with Gasteiger partial charge >= 0.3 is 5.97 Å². The van der Waals surface area contributed by atoms with Crippen LogP contribution in [0.1, 0.15) is 46.5 Å². The Hall–Kier alpha value is -1.56. The second-order valence-electron chi connectivity index (χ2n) is 6.35. The second-order valence-corrected chi connectivity index (χ2v) is 6.35. The van der Waals surface area contributed by atoms with Crippen LogP contribution in [0.5, 0.6) is 0 Å². The molecule has 0 bridgehead atoms. The molecule has 2 rings (SSSR count). The van der Waals surface area contributed by atoms with E-state index < -0.39 is 5.41 Å². The van der Waals surface area contributed by atoms with Crippen molar-refractivity contribution in [3.8, 4) is 11.8 Å². The lowest BCUT2D eigenvalue weighted by atomic mass is 9.83. The van der Waals surface area contributed by atoms with Crippen LogP contribution in [0.3, 0.4) is 0 Å². The molecule has 0 aromatic carbocycles. The normalized spacial score (nSPS) is 28.9. The van der Waals surface area contributed by atoms with Gasteiger partial charge in [-0.2, -0.15) is 0 Å². The first-order valence-corrected chi connectivity index (χ1v) is 7.26. The maximum absolute atomic E-state index is 12.2. The number of ketones is 1. The van der Waals surface area contributed by atoms with E-state index in [9.17, 15) is 9.59 Å². The summed E-state index contributed by atoms with van der Waals surface area (Å²) in [7, 11) is 0.